The molecule has 1 rings (SSSR count). The maximum atomic E-state index is 11.9. The van der Waals surface area contributed by atoms with Crippen molar-refractivity contribution >= 4 is 17.7 Å². The summed E-state index contributed by atoms with van der Waals surface area (Å²) in [5, 5.41) is 11.0. The Balaban J connectivity index is 2.60. The third-order valence-corrected chi connectivity index (χ3v) is 1.59. The van der Waals surface area contributed by atoms with Crippen LogP contribution in [0.15, 0.2) is 24.3 Å². The van der Waals surface area contributed by atoms with E-state index in [1.165, 1.54) is 12.1 Å². The number of carbonyl (C=O) groups excluding carboxylic acids is 1. The first-order valence-electron chi connectivity index (χ1n) is 4.54. The zero-order chi connectivity index (χ0) is 13.8. The molecular weight excluding hydrogens is 253 g/mol. The van der Waals surface area contributed by atoms with Crippen LogP contribution in [-0.4, -0.2) is 18.4 Å². The lowest BCUT2D eigenvalue weighted by Crippen LogP contribution is -2.38. The molecule has 0 aliphatic heterocycles. The predicted molar refractivity (Wildman–Crippen MR) is 57.2 cm³/mol. The highest BCUT2D eigenvalue weighted by atomic mass is 19.4. The third kappa shape index (κ3) is 5.05. The zero-order valence-electron chi connectivity index (χ0n) is 8.84. The summed E-state index contributed by atoms with van der Waals surface area (Å²) >= 11 is 0. The van der Waals surface area contributed by atoms with Gasteiger partial charge in [0.05, 0.1) is 0 Å². The van der Waals surface area contributed by atoms with E-state index in [1.807, 2.05) is 5.32 Å². The number of nitrogens with two attached hydrogens (primary N) is 1. The second kappa shape index (κ2) is 5.25. The Hall–Kier alpha value is -2.45. The molecule has 0 radical (unpaired) electrons. The zero-order valence-corrected chi connectivity index (χ0v) is 8.84. The Morgan fingerprint density at radius 3 is 2.28 bits per heavy atom. The van der Waals surface area contributed by atoms with E-state index in [-0.39, 0.29) is 5.69 Å². The van der Waals surface area contributed by atoms with Crippen LogP contribution >= 0.6 is 0 Å². The molecule has 9 heteroatoms. The molecule has 6 nitrogen and oxygen atoms in total. The number of ether oxygens (including phenoxy) is 1. The highest BCUT2D eigenvalue weighted by Crippen LogP contribution is 2.23. The maximum Gasteiger partial charge on any atom is 0.573 e. The molecule has 0 aliphatic carbocycles. The number of rotatable bonds is 2. The Morgan fingerprint density at radius 1 is 1.28 bits per heavy atom. The van der Waals surface area contributed by atoms with E-state index in [0.717, 1.165) is 12.1 Å². The molecule has 0 saturated heterocycles. The van der Waals surface area contributed by atoms with Gasteiger partial charge in [0.2, 0.25) is 0 Å². The minimum Gasteiger partial charge on any atom is -0.406 e. The summed E-state index contributed by atoms with van der Waals surface area (Å²) in [6.07, 6.45) is -4.76. The number of hydrogen-bond acceptors (Lipinski definition) is 3. The second-order valence-corrected chi connectivity index (χ2v) is 3.06. The lowest BCUT2D eigenvalue weighted by atomic mass is 10.3. The monoisotopic (exact) mass is 262 g/mol. The van der Waals surface area contributed by atoms with E-state index in [2.05, 4.69) is 10.1 Å². The molecule has 0 aliphatic rings. The molecule has 0 aromatic heterocycles. The summed E-state index contributed by atoms with van der Waals surface area (Å²) < 4.78 is 39.2. The average molecular weight is 262 g/mol. The number of carbonyl (C=O) groups is 1. The molecule has 98 valence electrons. The van der Waals surface area contributed by atoms with Gasteiger partial charge in [-0.1, -0.05) is 0 Å². The first-order chi connectivity index (χ1) is 8.26. The van der Waals surface area contributed by atoms with E-state index in [1.54, 1.807) is 0 Å². The second-order valence-electron chi connectivity index (χ2n) is 3.06. The molecule has 0 heterocycles. The van der Waals surface area contributed by atoms with Crippen molar-refractivity contribution in [3.63, 3.8) is 0 Å². The van der Waals surface area contributed by atoms with Crippen molar-refractivity contribution in [3.05, 3.63) is 24.3 Å². The van der Waals surface area contributed by atoms with Crippen molar-refractivity contribution in [2.24, 2.45) is 5.73 Å². The highest BCUT2D eigenvalue weighted by molar-refractivity contribution is 6.00. The number of urea groups is 1. The largest absolute Gasteiger partial charge is 0.573 e. The van der Waals surface area contributed by atoms with Crippen LogP contribution in [0.25, 0.3) is 0 Å². The van der Waals surface area contributed by atoms with Gasteiger partial charge in [0, 0.05) is 5.69 Å². The van der Waals surface area contributed by atoms with Gasteiger partial charge < -0.3 is 15.8 Å². The molecule has 0 atom stereocenters. The summed E-state index contributed by atoms with van der Waals surface area (Å²) in [6, 6.07) is 3.72. The van der Waals surface area contributed by atoms with Crippen LogP contribution < -0.4 is 21.1 Å². The highest BCUT2D eigenvalue weighted by Gasteiger charge is 2.30. The Morgan fingerprint density at radius 2 is 1.83 bits per heavy atom. The van der Waals surface area contributed by atoms with Crippen LogP contribution in [0.1, 0.15) is 0 Å². The Labute approximate surface area is 99.4 Å². The quantitative estimate of drug-likeness (QED) is 0.481. The molecule has 1 aromatic carbocycles. The van der Waals surface area contributed by atoms with Crippen molar-refractivity contribution in [2.45, 2.75) is 6.36 Å². The van der Waals surface area contributed by atoms with Crippen LogP contribution in [0.2, 0.25) is 0 Å². The Kier molecular flexibility index (Phi) is 3.97. The number of alkyl halides is 3. The summed E-state index contributed by atoms with van der Waals surface area (Å²) in [7, 11) is 0. The van der Waals surface area contributed by atoms with Gasteiger partial charge in [-0.3, -0.25) is 10.7 Å². The number of hydrogen-bond donors (Lipinski definition) is 4. The minimum atomic E-state index is -4.76. The molecular formula is C9H9F3N4O2. The number of amides is 2. The van der Waals surface area contributed by atoms with Gasteiger partial charge in [0.15, 0.2) is 5.96 Å². The van der Waals surface area contributed by atoms with Crippen LogP contribution in [0.5, 0.6) is 5.75 Å². The van der Waals surface area contributed by atoms with Gasteiger partial charge in [0.1, 0.15) is 5.75 Å². The van der Waals surface area contributed by atoms with E-state index < -0.39 is 24.1 Å². The van der Waals surface area contributed by atoms with Crippen molar-refractivity contribution in [1.29, 1.82) is 5.41 Å². The lowest BCUT2D eigenvalue weighted by Gasteiger charge is -2.10. The molecule has 0 fully saturated rings. The van der Waals surface area contributed by atoms with Gasteiger partial charge in [-0.25, -0.2) is 4.79 Å². The summed E-state index contributed by atoms with van der Waals surface area (Å²) in [4.78, 5) is 11.1. The van der Waals surface area contributed by atoms with Gasteiger partial charge in [0.25, 0.3) is 0 Å². The van der Waals surface area contributed by atoms with Crippen molar-refractivity contribution in [3.8, 4) is 5.75 Å². The van der Waals surface area contributed by atoms with Crippen molar-refractivity contribution < 1.29 is 22.7 Å². The maximum absolute atomic E-state index is 11.9. The Bertz CT molecular complexity index is 444. The van der Waals surface area contributed by atoms with Gasteiger partial charge >= 0.3 is 12.4 Å². The summed E-state index contributed by atoms with van der Waals surface area (Å²) in [6.45, 7) is 0. The van der Waals surface area contributed by atoms with Gasteiger partial charge in [-0.15, -0.1) is 13.2 Å². The number of anilines is 1. The summed E-state index contributed by atoms with van der Waals surface area (Å²) in [5.74, 6) is -0.954. The smallest absolute Gasteiger partial charge is 0.406 e. The van der Waals surface area contributed by atoms with E-state index in [4.69, 9.17) is 11.1 Å². The van der Waals surface area contributed by atoms with E-state index in [0.29, 0.717) is 0 Å². The number of nitrogens with one attached hydrogen (secondary N) is 3. The molecule has 18 heavy (non-hydrogen) atoms. The molecule has 0 bridgehead atoms. The van der Waals surface area contributed by atoms with Gasteiger partial charge in [-0.2, -0.15) is 0 Å². The number of benzene rings is 1. The standard InChI is InChI=1S/C9H9F3N4O2/c10-9(11,12)18-6-3-1-5(2-4-6)15-8(17)16-7(13)14/h1-4H,(H5,13,14,15,16,17). The van der Waals surface area contributed by atoms with Crippen molar-refractivity contribution in [2.75, 3.05) is 5.32 Å². The van der Waals surface area contributed by atoms with E-state index >= 15 is 0 Å². The van der Waals surface area contributed by atoms with E-state index in [9.17, 15) is 18.0 Å². The molecule has 0 spiro atoms. The molecule has 1 aromatic rings. The first kappa shape index (κ1) is 13.6. The molecule has 2 amide bonds. The number of halogens is 3. The van der Waals surface area contributed by atoms with Crippen LogP contribution in [-0.2, 0) is 0 Å². The van der Waals surface area contributed by atoms with Crippen LogP contribution in [0.4, 0.5) is 23.7 Å². The fraction of sp³-hybridized carbons (Fsp3) is 0.111. The van der Waals surface area contributed by atoms with Gasteiger partial charge in [-0.05, 0) is 24.3 Å². The first-order valence-corrected chi connectivity index (χ1v) is 4.54. The van der Waals surface area contributed by atoms with Crippen LogP contribution in [0, 0.1) is 5.41 Å². The topological polar surface area (TPSA) is 100 Å². The minimum absolute atomic E-state index is 0.225. The fourth-order valence-corrected chi connectivity index (χ4v) is 1.02. The fourth-order valence-electron chi connectivity index (χ4n) is 1.02. The normalized spacial score (nSPS) is 10.6. The molecule has 0 saturated carbocycles. The average Bonchev–Trinajstić information content (AvgIpc) is 2.17. The number of guanidine groups is 1. The third-order valence-electron chi connectivity index (χ3n) is 1.59. The SMILES string of the molecule is N=C(N)NC(=O)Nc1ccc(OC(F)(F)F)cc1. The summed E-state index contributed by atoms with van der Waals surface area (Å²) in [5.41, 5.74) is 5.13. The molecule has 5 N–H and O–H groups in total. The van der Waals surface area contributed by atoms with Crippen LogP contribution in [0.3, 0.4) is 0 Å². The molecule has 0 unspecified atom stereocenters. The lowest BCUT2D eigenvalue weighted by molar-refractivity contribution is -0.274. The van der Waals surface area contributed by atoms with Crippen molar-refractivity contribution in [1.82, 2.24) is 5.32 Å². The predicted octanol–water partition coefficient (Wildman–Crippen LogP) is 1.60.